The minimum absolute atomic E-state index is 0.0689. The molecule has 9 heteroatoms. The van der Waals surface area contributed by atoms with Crippen molar-refractivity contribution >= 4 is 16.8 Å². The van der Waals surface area contributed by atoms with Crippen molar-refractivity contribution < 1.29 is 13.6 Å². The first-order valence-corrected chi connectivity index (χ1v) is 9.54. The molecule has 0 N–H and O–H groups in total. The molecule has 1 aromatic carbocycles. The van der Waals surface area contributed by atoms with Crippen LogP contribution in [0.4, 0.5) is 8.78 Å². The van der Waals surface area contributed by atoms with Gasteiger partial charge in [-0.3, -0.25) is 14.5 Å². The highest BCUT2D eigenvalue weighted by Crippen LogP contribution is 2.30. The molecule has 5 rings (SSSR count). The first kappa shape index (κ1) is 18.4. The van der Waals surface area contributed by atoms with E-state index in [1.54, 1.807) is 35.0 Å². The number of benzene rings is 1. The van der Waals surface area contributed by atoms with E-state index in [9.17, 15) is 13.6 Å². The Morgan fingerprint density at radius 2 is 2.03 bits per heavy atom. The lowest BCUT2D eigenvalue weighted by Gasteiger charge is -2.26. The van der Waals surface area contributed by atoms with Gasteiger partial charge in [-0.1, -0.05) is 6.07 Å². The average Bonchev–Trinajstić information content (AvgIpc) is 3.36. The molecular weight excluding hydrogens is 390 g/mol. The number of halogens is 2. The van der Waals surface area contributed by atoms with Gasteiger partial charge in [-0.25, -0.2) is 4.68 Å². The summed E-state index contributed by atoms with van der Waals surface area (Å²) in [4.78, 5) is 19.1. The van der Waals surface area contributed by atoms with Crippen LogP contribution < -0.4 is 0 Å². The molecule has 1 aliphatic heterocycles. The van der Waals surface area contributed by atoms with Crippen molar-refractivity contribution in [2.45, 2.75) is 19.5 Å². The lowest BCUT2D eigenvalue weighted by molar-refractivity contribution is 0.0568. The lowest BCUT2D eigenvalue weighted by atomic mass is 10.0. The quantitative estimate of drug-likeness (QED) is 0.521. The maximum atomic E-state index is 13.1. The summed E-state index contributed by atoms with van der Waals surface area (Å²) in [7, 11) is 1.76. The van der Waals surface area contributed by atoms with Crippen molar-refractivity contribution in [1.82, 2.24) is 29.4 Å². The predicted molar refractivity (Wildman–Crippen MR) is 106 cm³/mol. The van der Waals surface area contributed by atoms with Crippen LogP contribution in [-0.4, -0.2) is 41.9 Å². The number of amides is 1. The van der Waals surface area contributed by atoms with E-state index in [1.165, 1.54) is 6.20 Å². The Balaban J connectivity index is 1.43. The van der Waals surface area contributed by atoms with Crippen molar-refractivity contribution in [3.05, 3.63) is 65.6 Å². The summed E-state index contributed by atoms with van der Waals surface area (Å²) >= 11 is 0. The summed E-state index contributed by atoms with van der Waals surface area (Å²) < 4.78 is 28.1. The number of hydrogen-bond acceptors (Lipinski definition) is 4. The van der Waals surface area contributed by atoms with Gasteiger partial charge in [0, 0.05) is 42.5 Å². The van der Waals surface area contributed by atoms with E-state index >= 15 is 0 Å². The number of nitrogens with zero attached hydrogens (tertiary/aromatic N) is 6. The van der Waals surface area contributed by atoms with Crippen LogP contribution in [0.5, 0.6) is 0 Å². The Kier molecular flexibility index (Phi) is 4.30. The number of carbonyl (C=O) groups excluding carboxylic acids is 1. The Bertz CT molecular complexity index is 1260. The van der Waals surface area contributed by atoms with Gasteiger partial charge in [-0.2, -0.15) is 19.0 Å². The molecule has 0 aliphatic carbocycles. The predicted octanol–water partition coefficient (Wildman–Crippen LogP) is 3.43. The third-order valence-corrected chi connectivity index (χ3v) is 5.39. The first-order valence-electron chi connectivity index (χ1n) is 9.54. The molecule has 0 fully saturated rings. The standard InChI is InChI=1S/C21H18F2N6O/c1-27-19(17-7-10-29(26-17)21(22)23)15-6-9-28(12-18(15)25-27)20(30)14-4-5-16-13(11-14)3-2-8-24-16/h2-5,7-8,10-11,21H,6,9,12H2,1H3. The van der Waals surface area contributed by atoms with Crippen molar-refractivity contribution in [2.75, 3.05) is 6.54 Å². The van der Waals surface area contributed by atoms with Gasteiger partial charge >= 0.3 is 6.55 Å². The number of rotatable bonds is 3. The third-order valence-electron chi connectivity index (χ3n) is 5.39. The van der Waals surface area contributed by atoms with Gasteiger partial charge in [-0.15, -0.1) is 0 Å². The molecule has 152 valence electrons. The molecule has 0 radical (unpaired) electrons. The van der Waals surface area contributed by atoms with Crippen LogP contribution in [0.2, 0.25) is 0 Å². The van der Waals surface area contributed by atoms with Crippen LogP contribution in [0.15, 0.2) is 48.8 Å². The van der Waals surface area contributed by atoms with Gasteiger partial charge in [0.25, 0.3) is 5.91 Å². The van der Waals surface area contributed by atoms with E-state index < -0.39 is 6.55 Å². The van der Waals surface area contributed by atoms with E-state index in [1.807, 2.05) is 24.3 Å². The van der Waals surface area contributed by atoms with E-state index in [4.69, 9.17) is 0 Å². The van der Waals surface area contributed by atoms with Crippen molar-refractivity contribution in [1.29, 1.82) is 0 Å². The number of pyridine rings is 1. The Labute approximate surface area is 170 Å². The normalized spacial score (nSPS) is 13.8. The summed E-state index contributed by atoms with van der Waals surface area (Å²) in [5.41, 5.74) is 4.32. The monoisotopic (exact) mass is 408 g/mol. The molecule has 4 aromatic rings. The topological polar surface area (TPSA) is 68.8 Å². The van der Waals surface area contributed by atoms with Gasteiger partial charge in [-0.05, 0) is 36.8 Å². The lowest BCUT2D eigenvalue weighted by Crippen LogP contribution is -2.36. The molecule has 7 nitrogen and oxygen atoms in total. The number of aryl methyl sites for hydroxylation is 1. The zero-order valence-electron chi connectivity index (χ0n) is 16.2. The zero-order chi connectivity index (χ0) is 20.8. The minimum atomic E-state index is -2.69. The third kappa shape index (κ3) is 3.02. The summed E-state index contributed by atoms with van der Waals surface area (Å²) in [6.07, 6.45) is 3.56. The zero-order valence-corrected chi connectivity index (χ0v) is 16.2. The minimum Gasteiger partial charge on any atom is -0.332 e. The van der Waals surface area contributed by atoms with Crippen LogP contribution in [-0.2, 0) is 20.0 Å². The van der Waals surface area contributed by atoms with Crippen LogP contribution >= 0.6 is 0 Å². The number of alkyl halides is 2. The van der Waals surface area contributed by atoms with Crippen molar-refractivity contribution in [3.8, 4) is 11.4 Å². The molecule has 1 amide bonds. The SMILES string of the molecule is Cn1nc2c(c1-c1ccn(C(F)F)n1)CCN(C(=O)c1ccc3ncccc3c1)C2. The average molecular weight is 408 g/mol. The van der Waals surface area contributed by atoms with Crippen LogP contribution in [0.25, 0.3) is 22.3 Å². The maximum Gasteiger partial charge on any atom is 0.333 e. The van der Waals surface area contributed by atoms with E-state index in [0.29, 0.717) is 41.1 Å². The Morgan fingerprint density at radius 1 is 1.17 bits per heavy atom. The molecular formula is C21H18F2N6O. The second-order valence-corrected chi connectivity index (χ2v) is 7.24. The molecule has 0 unspecified atom stereocenters. The summed E-state index contributed by atoms with van der Waals surface area (Å²) in [6.45, 7) is -1.80. The van der Waals surface area contributed by atoms with Crippen LogP contribution in [0.1, 0.15) is 28.2 Å². The number of hydrogen-bond donors (Lipinski definition) is 0. The number of fused-ring (bicyclic) bond motifs is 2. The fourth-order valence-corrected chi connectivity index (χ4v) is 3.98. The fraction of sp³-hybridized carbons (Fsp3) is 0.238. The van der Waals surface area contributed by atoms with Crippen molar-refractivity contribution in [3.63, 3.8) is 0 Å². The van der Waals surface area contributed by atoms with Crippen molar-refractivity contribution in [2.24, 2.45) is 7.05 Å². The Hall–Kier alpha value is -3.62. The second kappa shape index (κ2) is 7.01. The molecule has 0 atom stereocenters. The molecule has 1 aliphatic rings. The highest BCUT2D eigenvalue weighted by Gasteiger charge is 2.28. The highest BCUT2D eigenvalue weighted by molar-refractivity contribution is 5.98. The van der Waals surface area contributed by atoms with Gasteiger partial charge in [0.05, 0.1) is 23.4 Å². The first-order chi connectivity index (χ1) is 14.5. The van der Waals surface area contributed by atoms with E-state index in [2.05, 4.69) is 15.2 Å². The highest BCUT2D eigenvalue weighted by atomic mass is 19.3. The van der Waals surface area contributed by atoms with Gasteiger partial charge < -0.3 is 4.90 Å². The van der Waals surface area contributed by atoms with Crippen LogP contribution in [0, 0.1) is 0 Å². The van der Waals surface area contributed by atoms with Gasteiger partial charge in [0.1, 0.15) is 5.69 Å². The smallest absolute Gasteiger partial charge is 0.332 e. The molecule has 4 heterocycles. The molecule has 0 saturated carbocycles. The molecule has 3 aromatic heterocycles. The number of aromatic nitrogens is 5. The largest absolute Gasteiger partial charge is 0.333 e. The number of carbonyl (C=O) groups is 1. The fourth-order valence-electron chi connectivity index (χ4n) is 3.98. The summed E-state index contributed by atoms with van der Waals surface area (Å²) in [6, 6.07) is 10.8. The molecule has 30 heavy (non-hydrogen) atoms. The van der Waals surface area contributed by atoms with Gasteiger partial charge in [0.2, 0.25) is 0 Å². The molecule has 0 saturated heterocycles. The summed E-state index contributed by atoms with van der Waals surface area (Å²) in [5, 5.41) is 9.42. The maximum absolute atomic E-state index is 13.1. The molecule has 0 spiro atoms. The van der Waals surface area contributed by atoms with E-state index in [0.717, 1.165) is 22.2 Å². The second-order valence-electron chi connectivity index (χ2n) is 7.24. The molecule has 0 bridgehead atoms. The van der Waals surface area contributed by atoms with Gasteiger partial charge in [0.15, 0.2) is 0 Å². The van der Waals surface area contributed by atoms with Crippen LogP contribution in [0.3, 0.4) is 0 Å². The Morgan fingerprint density at radius 3 is 2.83 bits per heavy atom. The summed E-state index contributed by atoms with van der Waals surface area (Å²) in [5.74, 6) is -0.0689. The van der Waals surface area contributed by atoms with E-state index in [-0.39, 0.29) is 5.91 Å².